The fourth-order valence-corrected chi connectivity index (χ4v) is 18.6. The molecule has 0 saturated carbocycles. The first kappa shape index (κ1) is 93.3. The number of phenols is 1. The van der Waals surface area contributed by atoms with Crippen LogP contribution in [-0.4, -0.2) is 305 Å². The van der Waals surface area contributed by atoms with E-state index in [2.05, 4.69) is 89.8 Å². The van der Waals surface area contributed by atoms with Crippen molar-refractivity contribution in [3.8, 4) is 22.6 Å². The number of hydrogen-bond acceptors (Lipinski definition) is 27. The molecule has 1 aliphatic carbocycles. The monoisotopic (exact) mass is 1760 g/mol. The fourth-order valence-electron chi connectivity index (χ4n) is 17.3. The summed E-state index contributed by atoms with van der Waals surface area (Å²) in [7, 11) is 1.75. The number of piperazine rings is 1. The van der Waals surface area contributed by atoms with E-state index in [0.717, 1.165) is 118 Å². The molecule has 6 aromatic carbocycles. The summed E-state index contributed by atoms with van der Waals surface area (Å²) in [6.45, 7) is 3.50. The van der Waals surface area contributed by atoms with E-state index in [9.17, 15) is 83.6 Å². The van der Waals surface area contributed by atoms with Crippen molar-refractivity contribution in [2.75, 3.05) is 119 Å². The zero-order valence-corrected chi connectivity index (χ0v) is 71.2. The molecule has 0 radical (unpaired) electrons. The number of aliphatic hydroxyl groups is 8. The van der Waals surface area contributed by atoms with E-state index in [-0.39, 0.29) is 17.7 Å². The molecule has 5 saturated heterocycles. The van der Waals surface area contributed by atoms with Gasteiger partial charge in [0.15, 0.2) is 11.5 Å². The van der Waals surface area contributed by atoms with Gasteiger partial charge in [0.2, 0.25) is 35.4 Å². The number of hydrogen-bond donors (Lipinski definition) is 17. The lowest BCUT2D eigenvalue weighted by Crippen LogP contribution is -2.64. The van der Waals surface area contributed by atoms with Gasteiger partial charge in [-0.2, -0.15) is 0 Å². The van der Waals surface area contributed by atoms with E-state index in [0.29, 0.717) is 32.1 Å². The van der Waals surface area contributed by atoms with Crippen LogP contribution < -0.4 is 45.5 Å². The fraction of sp³-hybridized carbons (Fsp3) is 0.500. The Bertz CT molecular complexity index is 4590. The van der Waals surface area contributed by atoms with Crippen molar-refractivity contribution in [2.24, 2.45) is 5.92 Å². The average molecular weight is 1760 g/mol. The second-order valence-corrected chi connectivity index (χ2v) is 35.1. The number of carbonyl (C=O) groups is 8. The largest absolute Gasteiger partial charge is 0.504 e. The minimum atomic E-state index is -4.80. The Morgan fingerprint density at radius 2 is 1.22 bits per heavy atom. The molecular formula is C88H115N11O23S2. The Balaban J connectivity index is 0.754. The van der Waals surface area contributed by atoms with Crippen molar-refractivity contribution in [3.05, 3.63) is 167 Å². The zero-order valence-electron chi connectivity index (χ0n) is 69.6. The molecule has 13 atom stereocenters. The number of thioether (sulfide) groups is 1. The smallest absolute Gasteiger partial charge is 0.410 e. The molecule has 8 amide bonds. The van der Waals surface area contributed by atoms with Gasteiger partial charge in [0.1, 0.15) is 42.9 Å². The zero-order chi connectivity index (χ0) is 88.6. The SMILES string of the molecule is COCCCCCCSc1ccc(C2CCN(c3ccc(N4CCN(c5ccc(C(=O)N[C@H]6C[C@@H](O)CNC(=O)[C@@H]7[C@@H](O)[C@@H](C)CN7C(=O)[C@H]([C@H](O)CCN(C(=O)OCC7c8ccccc8-c8ccccc87)C(CO)CO)NC(=O)[C@H]([C@H](O)Cc7ccc(O)c(OS(O)(O)O)c7)NC(=O)[C@@H]7C[C@@H](O)CN7C(=O)[C@H]([C@@H](C)O)NC6=O)cc5)CC4)cc3)CC2)cc1. The topological polar surface area (TPSA) is 487 Å². The lowest BCUT2D eigenvalue weighted by Gasteiger charge is -2.38. The summed E-state index contributed by atoms with van der Waals surface area (Å²) in [6.07, 6.45) is -8.25. The Hall–Kier alpha value is -9.90. The molecule has 6 aromatic rings. The first-order valence-electron chi connectivity index (χ1n) is 42.2. The predicted molar refractivity (Wildman–Crippen MR) is 462 cm³/mol. The maximum atomic E-state index is 15.6. The molecule has 5 heterocycles. The maximum absolute atomic E-state index is 15.6. The van der Waals surface area contributed by atoms with Crippen molar-refractivity contribution in [1.29, 1.82) is 0 Å². The number of ether oxygens (including phenoxy) is 2. The van der Waals surface area contributed by atoms with Crippen molar-refractivity contribution in [2.45, 2.75) is 174 Å². The number of fused-ring (bicyclic) bond motifs is 5. The highest BCUT2D eigenvalue weighted by Gasteiger charge is 2.51. The van der Waals surface area contributed by atoms with Crippen LogP contribution in [0.2, 0.25) is 0 Å². The summed E-state index contributed by atoms with van der Waals surface area (Å²) in [6, 6.07) is 28.8. The van der Waals surface area contributed by atoms with Gasteiger partial charge >= 0.3 is 6.09 Å². The highest BCUT2D eigenvalue weighted by Crippen LogP contribution is 2.46. The predicted octanol–water partition coefficient (Wildman–Crippen LogP) is 3.86. The Labute approximate surface area is 725 Å². The van der Waals surface area contributed by atoms with Gasteiger partial charge in [0.25, 0.3) is 17.1 Å². The second-order valence-electron chi connectivity index (χ2n) is 32.8. The number of unbranched alkanes of at least 4 members (excludes halogenated alkanes) is 3. The number of phenolic OH excluding ortho intramolecular Hbond substituents is 1. The van der Waals surface area contributed by atoms with Gasteiger partial charge in [-0.3, -0.25) is 47.2 Å². The summed E-state index contributed by atoms with van der Waals surface area (Å²) in [5, 5.41) is 115. The van der Waals surface area contributed by atoms with Crippen LogP contribution in [0.3, 0.4) is 0 Å². The summed E-state index contributed by atoms with van der Waals surface area (Å²) >= 11 is -2.88. The molecule has 36 heteroatoms. The van der Waals surface area contributed by atoms with Gasteiger partial charge in [-0.05, 0) is 157 Å². The molecule has 6 aliphatic rings. The number of nitrogens with zero attached hydrogens (tertiary/aromatic N) is 6. The van der Waals surface area contributed by atoms with Crippen molar-refractivity contribution in [3.63, 3.8) is 0 Å². The number of amides is 8. The summed E-state index contributed by atoms with van der Waals surface area (Å²) in [5.74, 6) is -9.73. The second kappa shape index (κ2) is 42.9. The van der Waals surface area contributed by atoms with Crippen LogP contribution in [0.5, 0.6) is 11.5 Å². The average Bonchev–Trinajstić information content (AvgIpc) is 1.61. The third-order valence-corrected chi connectivity index (χ3v) is 25.7. The lowest BCUT2D eigenvalue weighted by molar-refractivity contribution is -0.147. The Morgan fingerprint density at radius 3 is 1.82 bits per heavy atom. The normalized spacial score (nSPS) is 23.7. The Kier molecular flexibility index (Phi) is 32.2. The quantitative estimate of drug-likeness (QED) is 0.0234. The molecule has 124 heavy (non-hydrogen) atoms. The number of aliphatic hydroxyl groups excluding tert-OH is 8. The molecule has 17 N–H and O–H groups in total. The van der Waals surface area contributed by atoms with Crippen LogP contribution in [0.15, 0.2) is 144 Å². The number of piperidine rings is 1. The van der Waals surface area contributed by atoms with Crippen LogP contribution in [0.4, 0.5) is 21.9 Å². The van der Waals surface area contributed by atoms with Crippen LogP contribution >= 0.6 is 22.9 Å². The maximum Gasteiger partial charge on any atom is 0.410 e. The van der Waals surface area contributed by atoms with Crippen LogP contribution in [0.1, 0.15) is 116 Å². The van der Waals surface area contributed by atoms with Gasteiger partial charge in [-0.15, -0.1) is 11.8 Å². The van der Waals surface area contributed by atoms with Crippen LogP contribution in [0, 0.1) is 5.92 Å². The minimum Gasteiger partial charge on any atom is -0.504 e. The van der Waals surface area contributed by atoms with Gasteiger partial charge < -0.3 is 116 Å². The summed E-state index contributed by atoms with van der Waals surface area (Å²) in [4.78, 5) is 130. The van der Waals surface area contributed by atoms with Crippen molar-refractivity contribution >= 4 is 87.4 Å². The molecule has 0 spiro atoms. The number of carbonyl (C=O) groups excluding carboxylic acids is 8. The summed E-state index contributed by atoms with van der Waals surface area (Å²) in [5.41, 5.74) is 7.90. The molecule has 0 bridgehead atoms. The number of β-amino-alcohol motifs (C(OH)–C–C–N with tert-alkyl or cyclic N) is 1. The number of rotatable bonds is 29. The highest BCUT2D eigenvalue weighted by molar-refractivity contribution is 8.15. The van der Waals surface area contributed by atoms with Gasteiger partial charge in [-0.1, -0.05) is 86.5 Å². The van der Waals surface area contributed by atoms with Crippen LogP contribution in [0.25, 0.3) is 11.1 Å². The molecule has 5 fully saturated rings. The van der Waals surface area contributed by atoms with E-state index in [1.54, 1.807) is 19.2 Å². The van der Waals surface area contributed by atoms with Gasteiger partial charge in [0.05, 0.1) is 55.9 Å². The Morgan fingerprint density at radius 1 is 0.637 bits per heavy atom. The van der Waals surface area contributed by atoms with Gasteiger partial charge in [0, 0.05) is 138 Å². The van der Waals surface area contributed by atoms with Crippen molar-refractivity contribution < 1.29 is 112 Å². The van der Waals surface area contributed by atoms with E-state index >= 15 is 14.4 Å². The number of aromatic hydroxyl groups is 1. The molecule has 12 rings (SSSR count). The van der Waals surface area contributed by atoms with Crippen molar-refractivity contribution in [1.82, 2.24) is 41.3 Å². The molecule has 0 aromatic heterocycles. The standard InChI is InChI=1S/C88H115N11O23S2/c1-52-47-99-79(80(52)108)85(113)89-46-62(103)44-70(90-81(109)57-17-21-58(22-18-57)95-36-38-96(39-37-95)60-25-23-59(24-26-60)94-33-30-56(31-34-94)55-19-27-64(28-20-55)123-41-11-5-4-10-40-120-3)82(110)91-76(53(2)102)86(114)98-48-63(104)45-71(98)83(111)92-77(74(107)42-54-16-29-72(105)75(43-54)122-124(117,118)119)84(112)93-78(87(99)115)73(106)32-35-97(61(49-100)50-101)88(116)121-51-69-67-14-8-6-12-65(67)66-13-7-9-15-68(66)69/h6-9,12-29,43,52-53,56,61-63,69-71,73-74,76-80,100-108,117-119H,4-5,10-11,30-42,44-51H2,1-3H3,(H,89,113)(H,90,109)(H,91,110)(H,92,111)(H,93,112)/t52-,53+,62+,63+,70-,71-,73+,74+,76-,77-,78-,79-,80-/m0/s1. The molecule has 34 nitrogen and oxygen atoms in total. The lowest BCUT2D eigenvalue weighted by atomic mass is 9.89. The number of benzene rings is 6. The first-order chi connectivity index (χ1) is 59.5. The molecule has 5 aliphatic heterocycles. The number of anilines is 3. The van der Waals surface area contributed by atoms with E-state index in [1.165, 1.54) is 54.5 Å². The minimum absolute atomic E-state index is 0.0531. The van der Waals surface area contributed by atoms with E-state index in [1.807, 2.05) is 60.3 Å². The van der Waals surface area contributed by atoms with E-state index < -0.39 is 226 Å². The third-order valence-electron chi connectivity index (χ3n) is 24.2. The molecule has 672 valence electrons. The first-order valence-corrected chi connectivity index (χ1v) is 44.6. The highest BCUT2D eigenvalue weighted by atomic mass is 32.3. The number of nitrogens with one attached hydrogen (secondary N) is 5. The van der Waals surface area contributed by atoms with E-state index in [4.69, 9.17) is 13.7 Å². The molecule has 0 unspecified atom stereocenters. The number of methoxy groups -OCH3 is 1. The third kappa shape index (κ3) is 23.2. The van der Waals surface area contributed by atoms with Gasteiger partial charge in [-0.25, -0.2) is 4.79 Å². The summed E-state index contributed by atoms with van der Waals surface area (Å²) < 4.78 is 45.0. The molecular weight excluding hydrogens is 1640 g/mol. The van der Waals surface area contributed by atoms with Crippen LogP contribution in [-0.2, 0) is 44.7 Å².